The molecule has 2 unspecified atom stereocenters. The average molecular weight is 240 g/mol. The molecular formula is C13H24N2O2. The van der Waals surface area contributed by atoms with Crippen LogP contribution in [0.4, 0.5) is 0 Å². The first kappa shape index (κ1) is 12.8. The van der Waals surface area contributed by atoms with E-state index < -0.39 is 0 Å². The lowest BCUT2D eigenvalue weighted by Crippen LogP contribution is -2.43. The highest BCUT2D eigenvalue weighted by Crippen LogP contribution is 2.24. The van der Waals surface area contributed by atoms with Gasteiger partial charge in [-0.25, -0.2) is 0 Å². The van der Waals surface area contributed by atoms with E-state index in [0.717, 1.165) is 32.1 Å². The van der Waals surface area contributed by atoms with Gasteiger partial charge in [-0.05, 0) is 31.6 Å². The Morgan fingerprint density at radius 3 is 2.59 bits per heavy atom. The Kier molecular flexibility index (Phi) is 4.80. The molecule has 98 valence electrons. The summed E-state index contributed by atoms with van der Waals surface area (Å²) in [6, 6.07) is 0.732. The fourth-order valence-electron chi connectivity index (χ4n) is 3.10. The Morgan fingerprint density at radius 2 is 1.88 bits per heavy atom. The summed E-state index contributed by atoms with van der Waals surface area (Å²) in [5.41, 5.74) is 0. The zero-order valence-electron chi connectivity index (χ0n) is 10.5. The van der Waals surface area contributed by atoms with Gasteiger partial charge in [-0.3, -0.25) is 4.79 Å². The third kappa shape index (κ3) is 3.68. The lowest BCUT2D eigenvalue weighted by atomic mass is 10.1. The molecule has 0 saturated heterocycles. The van der Waals surface area contributed by atoms with Crippen LogP contribution in [0.1, 0.15) is 44.9 Å². The number of carbonyl (C=O) groups excluding carboxylic acids is 1. The Morgan fingerprint density at radius 1 is 1.12 bits per heavy atom. The van der Waals surface area contributed by atoms with Crippen molar-refractivity contribution in [2.24, 2.45) is 5.92 Å². The van der Waals surface area contributed by atoms with E-state index in [1.54, 1.807) is 0 Å². The zero-order chi connectivity index (χ0) is 12.1. The standard InChI is InChI=1S/C13H24N2O2/c16-9-10-4-3-7-12(10)14-8-13(17)15-11-5-1-2-6-11/h10-12,14,16H,1-9H2,(H,15,17). The SMILES string of the molecule is O=C(CNC1CCCC1CO)NC1CCCC1. The average Bonchev–Trinajstić information content (AvgIpc) is 2.96. The second-order valence-electron chi connectivity index (χ2n) is 5.41. The fourth-order valence-corrected chi connectivity index (χ4v) is 3.10. The predicted octanol–water partition coefficient (Wildman–Crippen LogP) is 0.796. The molecule has 2 atom stereocenters. The number of hydrogen-bond acceptors (Lipinski definition) is 3. The molecule has 17 heavy (non-hydrogen) atoms. The predicted molar refractivity (Wildman–Crippen MR) is 66.6 cm³/mol. The Bertz CT molecular complexity index is 252. The van der Waals surface area contributed by atoms with Gasteiger partial charge in [0.2, 0.25) is 5.91 Å². The summed E-state index contributed by atoms with van der Waals surface area (Å²) in [6.45, 7) is 0.638. The van der Waals surface area contributed by atoms with Crippen molar-refractivity contribution in [3.05, 3.63) is 0 Å². The van der Waals surface area contributed by atoms with Crippen LogP contribution in [0, 0.1) is 5.92 Å². The summed E-state index contributed by atoms with van der Waals surface area (Å²) in [7, 11) is 0. The molecule has 2 aliphatic carbocycles. The van der Waals surface area contributed by atoms with Gasteiger partial charge >= 0.3 is 0 Å². The van der Waals surface area contributed by atoms with Gasteiger partial charge < -0.3 is 15.7 Å². The number of hydrogen-bond donors (Lipinski definition) is 3. The molecule has 0 bridgehead atoms. The van der Waals surface area contributed by atoms with Crippen molar-refractivity contribution in [3.63, 3.8) is 0 Å². The first-order valence-corrected chi connectivity index (χ1v) is 6.93. The molecule has 0 aliphatic heterocycles. The minimum atomic E-state index is 0.112. The lowest BCUT2D eigenvalue weighted by molar-refractivity contribution is -0.121. The van der Waals surface area contributed by atoms with Gasteiger partial charge in [0, 0.05) is 18.7 Å². The van der Waals surface area contributed by atoms with Crippen molar-refractivity contribution in [1.29, 1.82) is 0 Å². The molecule has 1 amide bonds. The number of aliphatic hydroxyl groups excluding tert-OH is 1. The van der Waals surface area contributed by atoms with E-state index in [2.05, 4.69) is 10.6 Å². The molecule has 0 spiro atoms. The second kappa shape index (κ2) is 6.36. The highest BCUT2D eigenvalue weighted by Gasteiger charge is 2.26. The lowest BCUT2D eigenvalue weighted by Gasteiger charge is -2.19. The van der Waals surface area contributed by atoms with E-state index in [1.165, 1.54) is 12.8 Å². The normalized spacial score (nSPS) is 29.7. The highest BCUT2D eigenvalue weighted by molar-refractivity contribution is 5.78. The van der Waals surface area contributed by atoms with Crippen LogP contribution in [-0.2, 0) is 4.79 Å². The zero-order valence-corrected chi connectivity index (χ0v) is 10.5. The van der Waals surface area contributed by atoms with Gasteiger partial charge in [0.05, 0.1) is 6.54 Å². The molecule has 2 aliphatic rings. The Hall–Kier alpha value is -0.610. The first-order chi connectivity index (χ1) is 8.29. The largest absolute Gasteiger partial charge is 0.396 e. The maximum absolute atomic E-state index is 11.7. The van der Waals surface area contributed by atoms with Gasteiger partial charge in [-0.1, -0.05) is 19.3 Å². The third-order valence-electron chi connectivity index (χ3n) is 4.14. The molecule has 0 aromatic heterocycles. The van der Waals surface area contributed by atoms with E-state index in [-0.39, 0.29) is 12.5 Å². The van der Waals surface area contributed by atoms with Crippen LogP contribution >= 0.6 is 0 Å². The van der Waals surface area contributed by atoms with Crippen molar-refractivity contribution >= 4 is 5.91 Å². The van der Waals surface area contributed by atoms with E-state index in [9.17, 15) is 9.90 Å². The smallest absolute Gasteiger partial charge is 0.234 e. The summed E-state index contributed by atoms with van der Waals surface area (Å²) >= 11 is 0. The maximum atomic E-state index is 11.7. The van der Waals surface area contributed by atoms with Crippen LogP contribution in [0.5, 0.6) is 0 Å². The molecule has 0 aromatic carbocycles. The van der Waals surface area contributed by atoms with Crippen molar-refractivity contribution < 1.29 is 9.90 Å². The molecule has 4 nitrogen and oxygen atoms in total. The fraction of sp³-hybridized carbons (Fsp3) is 0.923. The van der Waals surface area contributed by atoms with E-state index in [4.69, 9.17) is 0 Å². The van der Waals surface area contributed by atoms with Gasteiger partial charge in [0.25, 0.3) is 0 Å². The van der Waals surface area contributed by atoms with Gasteiger partial charge in [0.1, 0.15) is 0 Å². The topological polar surface area (TPSA) is 61.4 Å². The molecule has 2 fully saturated rings. The maximum Gasteiger partial charge on any atom is 0.234 e. The second-order valence-corrected chi connectivity index (χ2v) is 5.41. The van der Waals surface area contributed by atoms with Crippen molar-refractivity contribution in [3.8, 4) is 0 Å². The van der Waals surface area contributed by atoms with Gasteiger partial charge in [0.15, 0.2) is 0 Å². The molecule has 4 heteroatoms. The molecule has 2 rings (SSSR count). The third-order valence-corrected chi connectivity index (χ3v) is 4.14. The van der Waals surface area contributed by atoms with E-state index in [0.29, 0.717) is 24.5 Å². The molecule has 2 saturated carbocycles. The molecule has 0 radical (unpaired) electrons. The van der Waals surface area contributed by atoms with Crippen LogP contribution in [0.2, 0.25) is 0 Å². The first-order valence-electron chi connectivity index (χ1n) is 6.93. The van der Waals surface area contributed by atoms with E-state index >= 15 is 0 Å². The molecule has 0 heterocycles. The van der Waals surface area contributed by atoms with Crippen LogP contribution in [0.3, 0.4) is 0 Å². The summed E-state index contributed by atoms with van der Waals surface area (Å²) in [4.78, 5) is 11.7. The summed E-state index contributed by atoms with van der Waals surface area (Å²) in [5.74, 6) is 0.453. The van der Waals surface area contributed by atoms with E-state index in [1.807, 2.05) is 0 Å². The number of amides is 1. The highest BCUT2D eigenvalue weighted by atomic mass is 16.3. The minimum Gasteiger partial charge on any atom is -0.396 e. The molecular weight excluding hydrogens is 216 g/mol. The van der Waals surface area contributed by atoms with Crippen LogP contribution in [0.25, 0.3) is 0 Å². The summed E-state index contributed by atoms with van der Waals surface area (Å²) in [6.07, 6.45) is 8.08. The number of nitrogens with one attached hydrogen (secondary N) is 2. The summed E-state index contributed by atoms with van der Waals surface area (Å²) < 4.78 is 0. The van der Waals surface area contributed by atoms with Gasteiger partial charge in [-0.15, -0.1) is 0 Å². The summed E-state index contributed by atoms with van der Waals surface area (Å²) in [5, 5.41) is 15.5. The molecule has 3 N–H and O–H groups in total. The van der Waals surface area contributed by atoms with Crippen LogP contribution in [-0.4, -0.2) is 36.2 Å². The van der Waals surface area contributed by atoms with Gasteiger partial charge in [-0.2, -0.15) is 0 Å². The monoisotopic (exact) mass is 240 g/mol. The van der Waals surface area contributed by atoms with Crippen molar-refractivity contribution in [1.82, 2.24) is 10.6 Å². The van der Waals surface area contributed by atoms with Crippen LogP contribution < -0.4 is 10.6 Å². The Balaban J connectivity index is 1.65. The number of rotatable bonds is 5. The van der Waals surface area contributed by atoms with Crippen LogP contribution in [0.15, 0.2) is 0 Å². The van der Waals surface area contributed by atoms with Crippen molar-refractivity contribution in [2.75, 3.05) is 13.2 Å². The quantitative estimate of drug-likeness (QED) is 0.666. The Labute approximate surface area is 103 Å². The number of aliphatic hydroxyl groups is 1. The number of carbonyl (C=O) groups is 1. The van der Waals surface area contributed by atoms with Crippen molar-refractivity contribution in [2.45, 2.75) is 57.0 Å². The molecule has 0 aromatic rings. The minimum absolute atomic E-state index is 0.112.